The molecule has 2 aromatic rings. The van der Waals surface area contributed by atoms with Gasteiger partial charge in [0.15, 0.2) is 0 Å². The molecule has 0 spiro atoms. The molecule has 0 radical (unpaired) electrons. The number of carbonyl (C=O) groups is 2. The number of rotatable bonds is 13. The molecule has 6 nitrogen and oxygen atoms in total. The van der Waals surface area contributed by atoms with Gasteiger partial charge in [-0.1, -0.05) is 45.7 Å². The average molecular weight is 490 g/mol. The van der Waals surface area contributed by atoms with Crippen LogP contribution in [0.15, 0.2) is 24.3 Å². The number of unbranched alkanes of at least 4 members (excludes halogenated alkanes) is 1. The zero-order valence-electron chi connectivity index (χ0n) is 21.3. The van der Waals surface area contributed by atoms with Crippen molar-refractivity contribution in [3.8, 4) is 5.75 Å². The van der Waals surface area contributed by atoms with Crippen molar-refractivity contribution in [2.24, 2.45) is 0 Å². The van der Waals surface area contributed by atoms with E-state index < -0.39 is 11.6 Å². The van der Waals surface area contributed by atoms with Crippen molar-refractivity contribution in [2.75, 3.05) is 20.3 Å². The first-order valence-corrected chi connectivity index (χ1v) is 12.9. The van der Waals surface area contributed by atoms with Gasteiger partial charge in [0.2, 0.25) is 0 Å². The molecule has 0 aliphatic rings. The fourth-order valence-electron chi connectivity index (χ4n) is 3.81. The van der Waals surface area contributed by atoms with Crippen LogP contribution in [0.4, 0.5) is 0 Å². The molecular formula is C27H39NO5S. The quantitative estimate of drug-likeness (QED) is 0.362. The molecule has 1 amide bonds. The van der Waals surface area contributed by atoms with Crippen LogP contribution in [0.2, 0.25) is 0 Å². The zero-order valence-corrected chi connectivity index (χ0v) is 22.1. The summed E-state index contributed by atoms with van der Waals surface area (Å²) in [5.41, 5.74) is 2.30. The molecule has 2 N–H and O–H groups in total. The molecule has 0 aliphatic heterocycles. The molecule has 0 saturated carbocycles. The van der Waals surface area contributed by atoms with Crippen molar-refractivity contribution in [1.82, 2.24) is 5.32 Å². The lowest BCUT2D eigenvalue weighted by Gasteiger charge is -2.26. The lowest BCUT2D eigenvalue weighted by Crippen LogP contribution is -2.34. The van der Waals surface area contributed by atoms with Crippen molar-refractivity contribution in [3.63, 3.8) is 0 Å². The van der Waals surface area contributed by atoms with E-state index in [0.29, 0.717) is 17.7 Å². The number of methoxy groups -OCH3 is 1. The van der Waals surface area contributed by atoms with E-state index >= 15 is 0 Å². The zero-order chi connectivity index (χ0) is 25.3. The fraction of sp³-hybridized carbons (Fsp3) is 0.556. The highest BCUT2D eigenvalue weighted by Gasteiger charge is 2.24. The van der Waals surface area contributed by atoms with Gasteiger partial charge in [0.1, 0.15) is 18.9 Å². The monoisotopic (exact) mass is 489 g/mol. The van der Waals surface area contributed by atoms with Gasteiger partial charge >= 0.3 is 5.97 Å². The lowest BCUT2D eigenvalue weighted by atomic mass is 9.90. The van der Waals surface area contributed by atoms with Crippen molar-refractivity contribution in [1.29, 1.82) is 0 Å². The summed E-state index contributed by atoms with van der Waals surface area (Å²) in [5, 5.41) is 13.2. The summed E-state index contributed by atoms with van der Waals surface area (Å²) in [6.45, 7) is 10.2. The van der Waals surface area contributed by atoms with Crippen LogP contribution < -0.4 is 10.1 Å². The van der Waals surface area contributed by atoms with Crippen LogP contribution >= 0.6 is 11.3 Å². The minimum Gasteiger partial charge on any atom is -0.490 e. The number of aryl methyl sites for hydroxylation is 2. The number of benzene rings is 1. The first kappa shape index (κ1) is 27.9. The largest absolute Gasteiger partial charge is 0.490 e. The SMILES string of the molecule is CCCCC(c1ccc(OCC(O)(CC)CC)c(C)c1)c1cc(C)c(C(=O)NCC(=O)OC)s1. The van der Waals surface area contributed by atoms with Crippen molar-refractivity contribution in [3.05, 3.63) is 50.7 Å². The molecule has 1 unspecified atom stereocenters. The summed E-state index contributed by atoms with van der Waals surface area (Å²) >= 11 is 1.48. The molecule has 1 aromatic heterocycles. The van der Waals surface area contributed by atoms with E-state index in [9.17, 15) is 14.7 Å². The van der Waals surface area contributed by atoms with Crippen LogP contribution in [0.5, 0.6) is 5.75 Å². The number of carbonyl (C=O) groups excluding carboxylic acids is 2. The van der Waals surface area contributed by atoms with Gasteiger partial charge in [0, 0.05) is 10.8 Å². The number of hydrogen-bond donors (Lipinski definition) is 2. The standard InChI is InChI=1S/C27H39NO5S/c1-7-10-11-21(23-15-19(5)25(34-23)26(30)28-16-24(29)32-6)20-12-13-22(18(4)14-20)33-17-27(31,8-2)9-3/h12-15,21,31H,7-11,16-17H2,1-6H3,(H,28,30). The molecule has 1 aromatic carbocycles. The third kappa shape index (κ3) is 7.31. The van der Waals surface area contributed by atoms with Crippen LogP contribution in [0.3, 0.4) is 0 Å². The molecule has 1 atom stereocenters. The summed E-state index contributed by atoms with van der Waals surface area (Å²) in [5.74, 6) is 0.218. The highest BCUT2D eigenvalue weighted by molar-refractivity contribution is 7.14. The Kier molecular flexibility index (Phi) is 10.6. The lowest BCUT2D eigenvalue weighted by molar-refractivity contribution is -0.139. The number of aliphatic hydroxyl groups is 1. The molecule has 0 bridgehead atoms. The Balaban J connectivity index is 2.26. The topological polar surface area (TPSA) is 84.9 Å². The molecule has 1 heterocycles. The van der Waals surface area contributed by atoms with Gasteiger partial charge < -0.3 is 19.9 Å². The van der Waals surface area contributed by atoms with E-state index in [2.05, 4.69) is 35.2 Å². The molecule has 7 heteroatoms. The molecule has 188 valence electrons. The van der Waals surface area contributed by atoms with E-state index in [1.54, 1.807) is 0 Å². The van der Waals surface area contributed by atoms with E-state index in [4.69, 9.17) is 4.74 Å². The van der Waals surface area contributed by atoms with E-state index in [-0.39, 0.29) is 25.0 Å². The number of esters is 1. The number of hydrogen-bond acceptors (Lipinski definition) is 6. The second kappa shape index (κ2) is 12.9. The number of ether oxygens (including phenoxy) is 2. The Labute approximate surface area is 207 Å². The fourth-order valence-corrected chi connectivity index (χ4v) is 5.06. The summed E-state index contributed by atoms with van der Waals surface area (Å²) in [6.07, 6.45) is 4.42. The Morgan fingerprint density at radius 3 is 2.41 bits per heavy atom. The van der Waals surface area contributed by atoms with Gasteiger partial charge in [-0.3, -0.25) is 9.59 Å². The molecule has 0 fully saturated rings. The summed E-state index contributed by atoms with van der Waals surface area (Å²) in [4.78, 5) is 25.8. The van der Waals surface area contributed by atoms with Gasteiger partial charge in [-0.05, 0) is 61.9 Å². The van der Waals surface area contributed by atoms with Crippen LogP contribution in [0.1, 0.15) is 90.0 Å². The average Bonchev–Trinajstić information content (AvgIpc) is 3.22. The first-order chi connectivity index (χ1) is 16.2. The highest BCUT2D eigenvalue weighted by atomic mass is 32.1. The van der Waals surface area contributed by atoms with Crippen LogP contribution in [-0.2, 0) is 9.53 Å². The summed E-state index contributed by atoms with van der Waals surface area (Å²) in [7, 11) is 1.30. The Bertz CT molecular complexity index is 964. The predicted octanol–water partition coefficient (Wildman–Crippen LogP) is 5.52. The second-order valence-corrected chi connectivity index (χ2v) is 9.94. The Morgan fingerprint density at radius 1 is 1.12 bits per heavy atom. The number of thiophene rings is 1. The third-order valence-electron chi connectivity index (χ3n) is 6.37. The smallest absolute Gasteiger partial charge is 0.325 e. The van der Waals surface area contributed by atoms with Crippen molar-refractivity contribution >= 4 is 23.2 Å². The predicted molar refractivity (Wildman–Crippen MR) is 137 cm³/mol. The maximum absolute atomic E-state index is 12.6. The highest BCUT2D eigenvalue weighted by Crippen LogP contribution is 2.38. The maximum atomic E-state index is 12.6. The van der Waals surface area contributed by atoms with Crippen molar-refractivity contribution < 1.29 is 24.2 Å². The molecule has 0 saturated heterocycles. The summed E-state index contributed by atoms with van der Waals surface area (Å²) in [6, 6.07) is 8.31. The molecular weight excluding hydrogens is 450 g/mol. The van der Waals surface area contributed by atoms with Crippen LogP contribution in [-0.4, -0.2) is 42.8 Å². The molecule has 0 aliphatic carbocycles. The Morgan fingerprint density at radius 2 is 1.82 bits per heavy atom. The molecule has 34 heavy (non-hydrogen) atoms. The minimum absolute atomic E-state index is 0.146. The van der Waals surface area contributed by atoms with Crippen LogP contribution in [0, 0.1) is 13.8 Å². The van der Waals surface area contributed by atoms with Crippen molar-refractivity contribution in [2.45, 2.75) is 78.2 Å². The third-order valence-corrected chi connectivity index (χ3v) is 7.72. The normalized spacial score (nSPS) is 12.3. The maximum Gasteiger partial charge on any atom is 0.325 e. The van der Waals surface area contributed by atoms with Gasteiger partial charge in [0.25, 0.3) is 5.91 Å². The first-order valence-electron chi connectivity index (χ1n) is 12.1. The van der Waals surface area contributed by atoms with E-state index in [1.165, 1.54) is 24.0 Å². The van der Waals surface area contributed by atoms with Crippen LogP contribution in [0.25, 0.3) is 0 Å². The van der Waals surface area contributed by atoms with E-state index in [1.807, 2.05) is 33.8 Å². The van der Waals surface area contributed by atoms with E-state index in [0.717, 1.165) is 41.0 Å². The second-order valence-electron chi connectivity index (χ2n) is 8.86. The molecule has 2 rings (SSSR count). The van der Waals surface area contributed by atoms with Gasteiger partial charge in [-0.15, -0.1) is 11.3 Å². The summed E-state index contributed by atoms with van der Waals surface area (Å²) < 4.78 is 10.6. The van der Waals surface area contributed by atoms with Gasteiger partial charge in [-0.2, -0.15) is 0 Å². The number of amides is 1. The Hall–Kier alpha value is -2.38. The minimum atomic E-state index is -0.811. The number of nitrogens with one attached hydrogen (secondary N) is 1. The van der Waals surface area contributed by atoms with Gasteiger partial charge in [-0.25, -0.2) is 0 Å². The van der Waals surface area contributed by atoms with Gasteiger partial charge in [0.05, 0.1) is 17.6 Å².